The van der Waals surface area contributed by atoms with Gasteiger partial charge in [0.05, 0.1) is 0 Å². The molecule has 120 valence electrons. The number of para-hydroxylation sites is 1. The van der Waals surface area contributed by atoms with E-state index in [1.165, 1.54) is 43.9 Å². The molecule has 0 aromatic heterocycles. The van der Waals surface area contributed by atoms with Crippen molar-refractivity contribution >= 4 is 23.4 Å². The molecule has 1 N–H and O–H groups in total. The van der Waals surface area contributed by atoms with Crippen LogP contribution >= 0.6 is 11.8 Å². The zero-order chi connectivity index (χ0) is 15.9. The molecule has 0 heterocycles. The number of nitrogens with one attached hydrogen (secondary N) is 1. The van der Waals surface area contributed by atoms with Crippen LogP contribution in [0.4, 0.5) is 5.69 Å². The van der Waals surface area contributed by atoms with Crippen molar-refractivity contribution in [1.82, 2.24) is 0 Å². The number of unbranched alkanes of at least 4 members (excludes halogenated alkanes) is 7. The smallest absolute Gasteiger partial charge is 0.224 e. The van der Waals surface area contributed by atoms with Crippen molar-refractivity contribution < 1.29 is 4.79 Å². The van der Waals surface area contributed by atoms with Crippen molar-refractivity contribution in [3.05, 3.63) is 30.3 Å². The van der Waals surface area contributed by atoms with E-state index in [0.29, 0.717) is 6.42 Å². The molecule has 0 aliphatic rings. The van der Waals surface area contributed by atoms with Gasteiger partial charge < -0.3 is 5.32 Å². The Kier molecular flexibility index (Phi) is 11.2. The summed E-state index contributed by atoms with van der Waals surface area (Å²) in [6.07, 6.45) is 10.1. The minimum Gasteiger partial charge on any atom is -0.326 e. The van der Waals surface area contributed by atoms with Gasteiger partial charge in [0.15, 0.2) is 0 Å². The lowest BCUT2D eigenvalue weighted by atomic mass is 10.1. The summed E-state index contributed by atoms with van der Waals surface area (Å²) < 4.78 is 0. The Morgan fingerprint density at radius 2 is 1.55 bits per heavy atom. The summed E-state index contributed by atoms with van der Waals surface area (Å²) in [5.41, 5.74) is 0.877. The lowest BCUT2D eigenvalue weighted by Gasteiger charge is -2.05. The van der Waals surface area contributed by atoms with Crippen molar-refractivity contribution in [3.8, 4) is 5.40 Å². The highest BCUT2D eigenvalue weighted by molar-refractivity contribution is 8.03. The van der Waals surface area contributed by atoms with Crippen molar-refractivity contribution in [2.45, 2.75) is 57.8 Å². The van der Waals surface area contributed by atoms with Crippen LogP contribution < -0.4 is 5.32 Å². The zero-order valence-corrected chi connectivity index (χ0v) is 14.0. The second-order valence-electron chi connectivity index (χ2n) is 5.43. The molecule has 0 saturated heterocycles. The Morgan fingerprint density at radius 1 is 0.955 bits per heavy atom. The van der Waals surface area contributed by atoms with Crippen LogP contribution in [0.5, 0.6) is 0 Å². The van der Waals surface area contributed by atoms with Crippen LogP contribution in [0.15, 0.2) is 30.3 Å². The third kappa shape index (κ3) is 10.3. The topological polar surface area (TPSA) is 52.9 Å². The molecule has 0 aliphatic carbocycles. The summed E-state index contributed by atoms with van der Waals surface area (Å²) in [6, 6.07) is 9.61. The fraction of sp³-hybridized carbons (Fsp3) is 0.556. The van der Waals surface area contributed by atoms with E-state index in [1.807, 2.05) is 30.3 Å². The molecule has 0 radical (unpaired) electrons. The van der Waals surface area contributed by atoms with E-state index in [4.69, 9.17) is 5.26 Å². The number of benzene rings is 1. The van der Waals surface area contributed by atoms with Crippen molar-refractivity contribution in [1.29, 1.82) is 5.26 Å². The first-order chi connectivity index (χ1) is 10.8. The standard InChI is InChI=1S/C18H26N2OS/c19-16-22-15-11-6-4-2-1-3-5-10-14-18(21)20-17-12-8-7-9-13-17/h7-9,12-13H,1-6,10-11,14-15H2,(H,20,21). The molecule has 1 aromatic rings. The summed E-state index contributed by atoms with van der Waals surface area (Å²) in [7, 11) is 0. The van der Waals surface area contributed by atoms with Gasteiger partial charge in [-0.05, 0) is 36.7 Å². The molecule has 4 heteroatoms. The summed E-state index contributed by atoms with van der Waals surface area (Å²) in [4.78, 5) is 11.7. The SMILES string of the molecule is N#CSCCCCCCCCCCC(=O)Nc1ccccc1. The first-order valence-corrected chi connectivity index (χ1v) is 9.17. The number of thioether (sulfide) groups is 1. The van der Waals surface area contributed by atoms with Gasteiger partial charge in [-0.15, -0.1) is 0 Å². The van der Waals surface area contributed by atoms with Crippen LogP contribution in [0, 0.1) is 10.7 Å². The normalized spacial score (nSPS) is 10.1. The molecule has 0 fully saturated rings. The quantitative estimate of drug-likeness (QED) is 0.417. The van der Waals surface area contributed by atoms with Crippen LogP contribution in [0.25, 0.3) is 0 Å². The molecule has 0 aliphatic heterocycles. The number of rotatable bonds is 12. The van der Waals surface area contributed by atoms with Gasteiger partial charge in [0.1, 0.15) is 5.40 Å². The van der Waals surface area contributed by atoms with E-state index in [9.17, 15) is 4.79 Å². The maximum absolute atomic E-state index is 11.7. The van der Waals surface area contributed by atoms with E-state index >= 15 is 0 Å². The van der Waals surface area contributed by atoms with E-state index in [1.54, 1.807) is 0 Å². The molecule has 0 saturated carbocycles. The minimum atomic E-state index is 0.112. The highest BCUT2D eigenvalue weighted by Crippen LogP contribution is 2.12. The van der Waals surface area contributed by atoms with E-state index < -0.39 is 0 Å². The number of thiocyanates is 1. The van der Waals surface area contributed by atoms with Gasteiger partial charge in [0.2, 0.25) is 5.91 Å². The lowest BCUT2D eigenvalue weighted by molar-refractivity contribution is -0.116. The summed E-state index contributed by atoms with van der Waals surface area (Å²) in [6.45, 7) is 0. The number of hydrogen-bond acceptors (Lipinski definition) is 3. The van der Waals surface area contributed by atoms with Gasteiger partial charge in [0.25, 0.3) is 0 Å². The number of nitrogens with zero attached hydrogens (tertiary/aromatic N) is 1. The molecule has 0 atom stereocenters. The summed E-state index contributed by atoms with van der Waals surface area (Å²) >= 11 is 1.35. The fourth-order valence-electron chi connectivity index (χ4n) is 2.31. The van der Waals surface area contributed by atoms with Gasteiger partial charge in [-0.25, -0.2) is 0 Å². The molecule has 0 bridgehead atoms. The monoisotopic (exact) mass is 318 g/mol. The van der Waals surface area contributed by atoms with Crippen molar-refractivity contribution in [2.24, 2.45) is 0 Å². The molecule has 0 spiro atoms. The third-order valence-corrected chi connectivity index (χ3v) is 4.14. The maximum atomic E-state index is 11.7. The number of anilines is 1. The number of carbonyl (C=O) groups is 1. The molecular weight excluding hydrogens is 292 g/mol. The zero-order valence-electron chi connectivity index (χ0n) is 13.2. The Bertz CT molecular complexity index is 442. The van der Waals surface area contributed by atoms with Gasteiger partial charge in [-0.3, -0.25) is 4.79 Å². The fourth-order valence-corrected chi connectivity index (χ4v) is 2.75. The molecule has 1 aromatic carbocycles. The van der Waals surface area contributed by atoms with Crippen LogP contribution in [-0.4, -0.2) is 11.7 Å². The number of hydrogen-bond donors (Lipinski definition) is 1. The predicted molar refractivity (Wildman–Crippen MR) is 94.7 cm³/mol. The van der Waals surface area contributed by atoms with E-state index in [2.05, 4.69) is 10.7 Å². The Labute approximate surface area is 138 Å². The van der Waals surface area contributed by atoms with Crippen LogP contribution in [-0.2, 0) is 4.79 Å². The molecule has 1 rings (SSSR count). The number of carbonyl (C=O) groups excluding carboxylic acids is 1. The third-order valence-electron chi connectivity index (χ3n) is 3.52. The molecule has 3 nitrogen and oxygen atoms in total. The van der Waals surface area contributed by atoms with Crippen LogP contribution in [0.1, 0.15) is 57.8 Å². The van der Waals surface area contributed by atoms with Crippen LogP contribution in [0.2, 0.25) is 0 Å². The number of amides is 1. The predicted octanol–water partition coefficient (Wildman–Crippen LogP) is 5.35. The van der Waals surface area contributed by atoms with Gasteiger partial charge in [-0.2, -0.15) is 5.26 Å². The largest absolute Gasteiger partial charge is 0.326 e. The van der Waals surface area contributed by atoms with Crippen LogP contribution in [0.3, 0.4) is 0 Å². The highest BCUT2D eigenvalue weighted by Gasteiger charge is 2.01. The summed E-state index contributed by atoms with van der Waals surface area (Å²) in [5, 5.41) is 13.4. The average Bonchev–Trinajstić information content (AvgIpc) is 2.53. The van der Waals surface area contributed by atoms with Gasteiger partial charge in [0, 0.05) is 17.9 Å². The van der Waals surface area contributed by atoms with Crippen molar-refractivity contribution in [2.75, 3.05) is 11.1 Å². The van der Waals surface area contributed by atoms with Gasteiger partial charge in [-0.1, -0.05) is 56.7 Å². The molecule has 0 unspecified atom stereocenters. The maximum Gasteiger partial charge on any atom is 0.224 e. The second kappa shape index (κ2) is 13.2. The Hall–Kier alpha value is -1.47. The molecule has 1 amide bonds. The van der Waals surface area contributed by atoms with E-state index in [-0.39, 0.29) is 5.91 Å². The highest BCUT2D eigenvalue weighted by atomic mass is 32.2. The lowest BCUT2D eigenvalue weighted by Crippen LogP contribution is -2.10. The molecule has 22 heavy (non-hydrogen) atoms. The second-order valence-corrected chi connectivity index (χ2v) is 6.31. The van der Waals surface area contributed by atoms with Crippen molar-refractivity contribution in [3.63, 3.8) is 0 Å². The Morgan fingerprint density at radius 3 is 2.18 bits per heavy atom. The first kappa shape index (κ1) is 18.6. The first-order valence-electron chi connectivity index (χ1n) is 8.18. The van der Waals surface area contributed by atoms with Gasteiger partial charge >= 0.3 is 0 Å². The number of nitriles is 1. The average molecular weight is 318 g/mol. The van der Waals surface area contributed by atoms with E-state index in [0.717, 1.165) is 30.7 Å². The minimum absolute atomic E-state index is 0.112. The molecular formula is C18H26N2OS. The Balaban J connectivity index is 1.87. The summed E-state index contributed by atoms with van der Waals surface area (Å²) in [5.74, 6) is 1.08.